The van der Waals surface area contributed by atoms with Crippen molar-refractivity contribution in [2.24, 2.45) is 0 Å². The first-order chi connectivity index (χ1) is 19.3. The molecule has 0 spiro atoms. The summed E-state index contributed by atoms with van der Waals surface area (Å²) >= 11 is -1.63. The number of hydrogen-bond donors (Lipinski definition) is 1. The molecule has 5 rings (SSSR count). The Morgan fingerprint density at radius 3 is 2.55 bits per heavy atom. The third kappa shape index (κ3) is 5.50. The van der Waals surface area contributed by atoms with Gasteiger partial charge in [-0.25, -0.2) is 8.51 Å². The summed E-state index contributed by atoms with van der Waals surface area (Å²) in [6, 6.07) is 14.0. The zero-order valence-corrected chi connectivity index (χ0v) is 24.6. The molecule has 1 unspecified atom stereocenters. The van der Waals surface area contributed by atoms with Crippen molar-refractivity contribution >= 4 is 40.0 Å². The average Bonchev–Trinajstić information content (AvgIpc) is 3.18. The molecule has 0 saturated heterocycles. The monoisotopic (exact) mass is 562 g/mol. The van der Waals surface area contributed by atoms with Gasteiger partial charge in [-0.2, -0.15) is 0 Å². The minimum absolute atomic E-state index is 0.0453. The minimum Gasteiger partial charge on any atom is -0.383 e. The number of likely N-dealkylation sites (N-methyl/N-ethyl adjacent to an activating group) is 1. The van der Waals surface area contributed by atoms with Gasteiger partial charge in [-0.3, -0.25) is 14.3 Å². The highest BCUT2D eigenvalue weighted by molar-refractivity contribution is 7.81. The highest BCUT2D eigenvalue weighted by Gasteiger charge is 2.31. The molecule has 1 aromatic heterocycles. The van der Waals surface area contributed by atoms with Crippen LogP contribution in [0.3, 0.4) is 0 Å². The maximum atomic E-state index is 13.7. The van der Waals surface area contributed by atoms with Gasteiger partial charge in [0.2, 0.25) is 0 Å². The third-order valence-corrected chi connectivity index (χ3v) is 9.04. The summed E-state index contributed by atoms with van der Waals surface area (Å²) in [5.41, 5.74) is 6.58. The molecule has 1 fully saturated rings. The van der Waals surface area contributed by atoms with Crippen LogP contribution in [0.1, 0.15) is 59.5 Å². The van der Waals surface area contributed by atoms with Crippen molar-refractivity contribution in [3.63, 3.8) is 0 Å². The number of ether oxygens (including phenoxy) is 1. The molecule has 0 bridgehead atoms. The van der Waals surface area contributed by atoms with Crippen LogP contribution in [0.25, 0.3) is 28.2 Å². The van der Waals surface area contributed by atoms with E-state index < -0.39 is 17.1 Å². The lowest BCUT2D eigenvalue weighted by atomic mass is 9.81. The Morgan fingerprint density at radius 1 is 1.07 bits per heavy atom. The van der Waals surface area contributed by atoms with E-state index in [1.54, 1.807) is 33.2 Å². The quantitative estimate of drug-likeness (QED) is 0.430. The number of nitrogens with one attached hydrogen (secondary N) is 1. The SMILES string of the molecule is COCCN(C)C(=O)C1=Cc2ccccc2-c2c(C3CCCCC3)c3ccc(C(=O)NS(=O)N(C)C)cc3n2C1. The van der Waals surface area contributed by atoms with Gasteiger partial charge >= 0.3 is 0 Å². The van der Waals surface area contributed by atoms with E-state index in [0.29, 0.717) is 36.8 Å². The zero-order chi connectivity index (χ0) is 28.4. The number of hydrogen-bond acceptors (Lipinski definition) is 4. The van der Waals surface area contributed by atoms with Crippen LogP contribution in [0, 0.1) is 0 Å². The van der Waals surface area contributed by atoms with Crippen molar-refractivity contribution in [1.29, 1.82) is 0 Å². The molecule has 2 aliphatic rings. The highest BCUT2D eigenvalue weighted by Crippen LogP contribution is 2.46. The van der Waals surface area contributed by atoms with Crippen LogP contribution in [0.4, 0.5) is 0 Å². The minimum atomic E-state index is -1.63. The first-order valence-corrected chi connectivity index (χ1v) is 15.0. The Kier molecular flexibility index (Phi) is 8.54. The molecular weight excluding hydrogens is 524 g/mol. The number of fused-ring (bicyclic) bond motifs is 5. The summed E-state index contributed by atoms with van der Waals surface area (Å²) in [5.74, 6) is -0.0389. The van der Waals surface area contributed by atoms with Gasteiger partial charge in [0.1, 0.15) is 0 Å². The summed E-state index contributed by atoms with van der Waals surface area (Å²) < 4.78 is 23.8. The Bertz CT molecular complexity index is 1490. The van der Waals surface area contributed by atoms with E-state index in [1.807, 2.05) is 36.4 Å². The van der Waals surface area contributed by atoms with E-state index in [2.05, 4.69) is 21.4 Å². The van der Waals surface area contributed by atoms with Crippen molar-refractivity contribution < 1.29 is 18.5 Å². The van der Waals surface area contributed by atoms with Gasteiger partial charge in [0.15, 0.2) is 11.2 Å². The number of aromatic nitrogens is 1. The smallest absolute Gasteiger partial charge is 0.264 e. The fraction of sp³-hybridized carbons (Fsp3) is 0.419. The standard InChI is InChI=1S/C31H38N4O4S/c1-33(2)40(38)32-30(36)23-14-15-26-27(19-23)35-20-24(31(37)34(3)16-17-39-4)18-22-12-8-9-13-25(22)29(35)28(26)21-10-6-5-7-11-21/h8-9,12-15,18-19,21H,5-7,10-11,16-17,20H2,1-4H3,(H,32,36). The van der Waals surface area contributed by atoms with E-state index >= 15 is 0 Å². The zero-order valence-electron chi connectivity index (χ0n) is 23.7. The lowest BCUT2D eigenvalue weighted by molar-refractivity contribution is -0.126. The van der Waals surface area contributed by atoms with Gasteiger partial charge in [-0.15, -0.1) is 0 Å². The van der Waals surface area contributed by atoms with E-state index in [9.17, 15) is 13.8 Å². The molecule has 8 nitrogen and oxygen atoms in total. The summed E-state index contributed by atoms with van der Waals surface area (Å²) in [5, 5.41) is 1.11. The second-order valence-electron chi connectivity index (χ2n) is 10.9. The Hall–Kier alpha value is -3.27. The van der Waals surface area contributed by atoms with Crippen LogP contribution in [0.5, 0.6) is 0 Å². The van der Waals surface area contributed by atoms with Crippen molar-refractivity contribution in [3.8, 4) is 11.3 Å². The fourth-order valence-corrected chi connectivity index (χ4v) is 6.41. The van der Waals surface area contributed by atoms with E-state index in [1.165, 1.54) is 29.1 Å². The molecular formula is C31H38N4O4S. The Morgan fingerprint density at radius 2 is 1.82 bits per heavy atom. The number of amides is 2. The summed E-state index contributed by atoms with van der Waals surface area (Å²) in [4.78, 5) is 28.5. The van der Waals surface area contributed by atoms with E-state index in [4.69, 9.17) is 4.74 Å². The number of rotatable bonds is 8. The van der Waals surface area contributed by atoms with Gasteiger partial charge in [0.05, 0.1) is 18.8 Å². The number of carbonyl (C=O) groups is 2. The molecule has 1 aliphatic heterocycles. The van der Waals surface area contributed by atoms with Gasteiger partial charge < -0.3 is 14.2 Å². The lowest BCUT2D eigenvalue weighted by Crippen LogP contribution is -2.34. The molecule has 2 aromatic carbocycles. The molecule has 0 radical (unpaired) electrons. The second kappa shape index (κ2) is 12.1. The molecule has 212 valence electrons. The molecule has 2 amide bonds. The number of nitrogens with zero attached hydrogens (tertiary/aromatic N) is 3. The molecule has 1 saturated carbocycles. The van der Waals surface area contributed by atoms with Gasteiger partial charge in [-0.1, -0.05) is 49.6 Å². The molecule has 1 aliphatic carbocycles. The topological polar surface area (TPSA) is 83.9 Å². The van der Waals surface area contributed by atoms with E-state index in [-0.39, 0.29) is 5.91 Å². The molecule has 1 N–H and O–H groups in total. The number of carbonyl (C=O) groups excluding carboxylic acids is 2. The predicted molar refractivity (Wildman–Crippen MR) is 160 cm³/mol. The van der Waals surface area contributed by atoms with Gasteiger partial charge in [0.25, 0.3) is 11.8 Å². The van der Waals surface area contributed by atoms with Crippen molar-refractivity contribution in [3.05, 3.63) is 64.7 Å². The molecule has 2 heterocycles. The van der Waals surface area contributed by atoms with E-state index in [0.717, 1.165) is 40.6 Å². The largest absolute Gasteiger partial charge is 0.383 e. The first kappa shape index (κ1) is 28.3. The fourth-order valence-electron chi connectivity index (χ4n) is 5.95. The van der Waals surface area contributed by atoms with Crippen LogP contribution in [-0.2, 0) is 27.2 Å². The van der Waals surface area contributed by atoms with Crippen LogP contribution < -0.4 is 4.72 Å². The van der Waals surface area contributed by atoms with Crippen LogP contribution in [-0.4, -0.2) is 71.2 Å². The maximum Gasteiger partial charge on any atom is 0.264 e. The van der Waals surface area contributed by atoms with Crippen LogP contribution in [0.15, 0.2) is 48.0 Å². The predicted octanol–water partition coefficient (Wildman–Crippen LogP) is 4.73. The van der Waals surface area contributed by atoms with Crippen molar-refractivity contribution in [2.45, 2.75) is 44.6 Å². The summed E-state index contributed by atoms with van der Waals surface area (Å²) in [6.07, 6.45) is 7.90. The van der Waals surface area contributed by atoms with Gasteiger partial charge in [0, 0.05) is 62.4 Å². The van der Waals surface area contributed by atoms with Crippen molar-refractivity contribution in [2.75, 3.05) is 41.4 Å². The Balaban J connectivity index is 1.70. The number of methoxy groups -OCH3 is 1. The third-order valence-electron chi connectivity index (χ3n) is 8.02. The van der Waals surface area contributed by atoms with Crippen LogP contribution >= 0.6 is 0 Å². The second-order valence-corrected chi connectivity index (χ2v) is 12.3. The lowest BCUT2D eigenvalue weighted by Gasteiger charge is -2.24. The van der Waals surface area contributed by atoms with Crippen LogP contribution in [0.2, 0.25) is 0 Å². The summed E-state index contributed by atoms with van der Waals surface area (Å²) in [7, 11) is 6.73. The average molecular weight is 563 g/mol. The molecule has 9 heteroatoms. The first-order valence-electron chi connectivity index (χ1n) is 13.9. The molecule has 1 atom stereocenters. The summed E-state index contributed by atoms with van der Waals surface area (Å²) in [6.45, 7) is 1.34. The Labute approximate surface area is 238 Å². The molecule has 3 aromatic rings. The molecule has 40 heavy (non-hydrogen) atoms. The number of benzene rings is 2. The normalized spacial score (nSPS) is 16.2. The maximum absolute atomic E-state index is 13.7. The van der Waals surface area contributed by atoms with Crippen molar-refractivity contribution in [1.82, 2.24) is 18.5 Å². The highest BCUT2D eigenvalue weighted by atomic mass is 32.2. The van der Waals surface area contributed by atoms with Gasteiger partial charge in [-0.05, 0) is 48.1 Å².